The average Bonchev–Trinajstić information content (AvgIpc) is 2.53. The summed E-state index contributed by atoms with van der Waals surface area (Å²) in [6, 6.07) is 17.0. The maximum atomic E-state index is 12.2. The minimum atomic E-state index is -0.223. The van der Waals surface area contributed by atoms with Crippen LogP contribution < -0.4 is 10.2 Å². The van der Waals surface area contributed by atoms with Gasteiger partial charge in [0.1, 0.15) is 6.54 Å². The van der Waals surface area contributed by atoms with E-state index in [0.717, 1.165) is 11.4 Å². The molecule has 4 heteroatoms. The Morgan fingerprint density at radius 1 is 1.00 bits per heavy atom. The fourth-order valence-corrected chi connectivity index (χ4v) is 2.29. The lowest BCUT2D eigenvalue weighted by Gasteiger charge is -2.21. The molecule has 0 radical (unpaired) electrons. The zero-order valence-corrected chi connectivity index (χ0v) is 13.7. The Hall–Kier alpha value is -2.62. The van der Waals surface area contributed by atoms with Crippen molar-refractivity contribution in [2.45, 2.75) is 26.7 Å². The number of hydrogen-bond acceptors (Lipinski definition) is 2. The molecule has 0 aliphatic rings. The number of benzene rings is 2. The summed E-state index contributed by atoms with van der Waals surface area (Å²) in [6.07, 6.45) is 0. The lowest BCUT2D eigenvalue weighted by molar-refractivity contribution is -0.120. The van der Waals surface area contributed by atoms with Crippen molar-refractivity contribution >= 4 is 23.2 Å². The summed E-state index contributed by atoms with van der Waals surface area (Å²) >= 11 is 0. The maximum Gasteiger partial charge on any atom is 0.244 e. The van der Waals surface area contributed by atoms with E-state index in [9.17, 15) is 9.59 Å². The summed E-state index contributed by atoms with van der Waals surface area (Å²) < 4.78 is 0. The van der Waals surface area contributed by atoms with E-state index in [-0.39, 0.29) is 18.4 Å². The first-order valence-corrected chi connectivity index (χ1v) is 7.70. The zero-order chi connectivity index (χ0) is 16.8. The van der Waals surface area contributed by atoms with E-state index in [4.69, 9.17) is 0 Å². The Kier molecular flexibility index (Phi) is 5.52. The topological polar surface area (TPSA) is 49.4 Å². The van der Waals surface area contributed by atoms with Gasteiger partial charge in [-0.2, -0.15) is 0 Å². The molecule has 0 bridgehead atoms. The van der Waals surface area contributed by atoms with Crippen molar-refractivity contribution in [3.05, 3.63) is 60.2 Å². The highest BCUT2D eigenvalue weighted by Crippen LogP contribution is 2.20. The Bertz CT molecular complexity index is 664. The van der Waals surface area contributed by atoms with E-state index in [0.29, 0.717) is 5.92 Å². The van der Waals surface area contributed by atoms with Gasteiger partial charge in [-0.15, -0.1) is 0 Å². The molecule has 0 unspecified atom stereocenters. The van der Waals surface area contributed by atoms with Crippen molar-refractivity contribution in [2.24, 2.45) is 0 Å². The van der Waals surface area contributed by atoms with Gasteiger partial charge in [-0.1, -0.05) is 44.2 Å². The van der Waals surface area contributed by atoms with Crippen molar-refractivity contribution in [3.8, 4) is 0 Å². The molecule has 0 aromatic heterocycles. The molecule has 2 rings (SSSR count). The summed E-state index contributed by atoms with van der Waals surface area (Å²) in [5, 5.41) is 2.79. The molecular formula is C19H22N2O2. The Morgan fingerprint density at radius 3 is 2.13 bits per heavy atom. The van der Waals surface area contributed by atoms with Gasteiger partial charge in [0, 0.05) is 18.3 Å². The third-order valence-electron chi connectivity index (χ3n) is 3.61. The molecule has 120 valence electrons. The normalized spacial score (nSPS) is 10.4. The highest BCUT2D eigenvalue weighted by atomic mass is 16.2. The predicted octanol–water partition coefficient (Wildman–Crippen LogP) is 3.80. The van der Waals surface area contributed by atoms with Crippen molar-refractivity contribution in [2.75, 3.05) is 16.8 Å². The molecule has 0 aliphatic heterocycles. The smallest absolute Gasteiger partial charge is 0.244 e. The van der Waals surface area contributed by atoms with Crippen LogP contribution in [0.25, 0.3) is 0 Å². The van der Waals surface area contributed by atoms with Crippen LogP contribution in [0, 0.1) is 0 Å². The van der Waals surface area contributed by atoms with Crippen molar-refractivity contribution in [3.63, 3.8) is 0 Å². The van der Waals surface area contributed by atoms with Gasteiger partial charge >= 0.3 is 0 Å². The number of nitrogens with zero attached hydrogens (tertiary/aromatic N) is 1. The van der Waals surface area contributed by atoms with Gasteiger partial charge < -0.3 is 10.2 Å². The SMILES string of the molecule is CC(=O)N(CC(=O)Nc1ccccc1)c1ccc(C(C)C)cc1. The Labute approximate surface area is 137 Å². The average molecular weight is 310 g/mol. The summed E-state index contributed by atoms with van der Waals surface area (Å²) in [5.41, 5.74) is 2.65. The molecule has 1 N–H and O–H groups in total. The van der Waals surface area contributed by atoms with Crippen LogP contribution in [0.2, 0.25) is 0 Å². The maximum absolute atomic E-state index is 12.2. The molecule has 0 saturated carbocycles. The molecule has 4 nitrogen and oxygen atoms in total. The molecule has 2 aromatic carbocycles. The lowest BCUT2D eigenvalue weighted by atomic mass is 10.0. The number of anilines is 2. The van der Waals surface area contributed by atoms with Crippen LogP contribution in [0.3, 0.4) is 0 Å². The molecule has 0 aliphatic carbocycles. The van der Waals surface area contributed by atoms with Crippen LogP contribution in [-0.4, -0.2) is 18.4 Å². The number of carbonyl (C=O) groups is 2. The van der Waals surface area contributed by atoms with E-state index < -0.39 is 0 Å². The number of nitrogens with one attached hydrogen (secondary N) is 1. The van der Waals surface area contributed by atoms with Gasteiger partial charge in [0.15, 0.2) is 0 Å². The first kappa shape index (κ1) is 16.7. The van der Waals surface area contributed by atoms with Crippen LogP contribution in [0.5, 0.6) is 0 Å². The van der Waals surface area contributed by atoms with Gasteiger partial charge in [-0.3, -0.25) is 9.59 Å². The Morgan fingerprint density at radius 2 is 1.61 bits per heavy atom. The van der Waals surface area contributed by atoms with Gasteiger partial charge in [0.05, 0.1) is 0 Å². The molecule has 0 saturated heterocycles. The summed E-state index contributed by atoms with van der Waals surface area (Å²) in [6.45, 7) is 5.69. The number of para-hydroxylation sites is 1. The van der Waals surface area contributed by atoms with Crippen LogP contribution in [-0.2, 0) is 9.59 Å². The van der Waals surface area contributed by atoms with Crippen LogP contribution in [0.4, 0.5) is 11.4 Å². The van der Waals surface area contributed by atoms with Crippen molar-refractivity contribution < 1.29 is 9.59 Å². The van der Waals surface area contributed by atoms with Crippen LogP contribution in [0.15, 0.2) is 54.6 Å². The van der Waals surface area contributed by atoms with E-state index in [2.05, 4.69) is 19.2 Å². The second-order valence-corrected chi connectivity index (χ2v) is 5.77. The number of rotatable bonds is 5. The van der Waals surface area contributed by atoms with E-state index in [1.807, 2.05) is 54.6 Å². The van der Waals surface area contributed by atoms with Crippen molar-refractivity contribution in [1.82, 2.24) is 0 Å². The van der Waals surface area contributed by atoms with Gasteiger partial charge in [-0.05, 0) is 35.7 Å². The van der Waals surface area contributed by atoms with Gasteiger partial charge in [-0.25, -0.2) is 0 Å². The minimum Gasteiger partial charge on any atom is -0.325 e. The second kappa shape index (κ2) is 7.58. The quantitative estimate of drug-likeness (QED) is 0.913. The summed E-state index contributed by atoms with van der Waals surface area (Å²) in [4.78, 5) is 25.5. The molecule has 2 aromatic rings. The highest BCUT2D eigenvalue weighted by Gasteiger charge is 2.16. The predicted molar refractivity (Wildman–Crippen MR) is 93.6 cm³/mol. The standard InChI is InChI=1S/C19H22N2O2/c1-14(2)16-9-11-18(12-10-16)21(15(3)22)13-19(23)20-17-7-5-4-6-8-17/h4-12,14H,13H2,1-3H3,(H,20,23). The number of hydrogen-bond donors (Lipinski definition) is 1. The molecule has 0 spiro atoms. The molecule has 2 amide bonds. The van der Waals surface area contributed by atoms with E-state index in [1.54, 1.807) is 0 Å². The number of amides is 2. The van der Waals surface area contributed by atoms with Crippen LogP contribution >= 0.6 is 0 Å². The lowest BCUT2D eigenvalue weighted by Crippen LogP contribution is -2.36. The van der Waals surface area contributed by atoms with Crippen molar-refractivity contribution in [1.29, 1.82) is 0 Å². The summed E-state index contributed by atoms with van der Waals surface area (Å²) in [7, 11) is 0. The van der Waals surface area contributed by atoms with E-state index in [1.165, 1.54) is 17.4 Å². The first-order valence-electron chi connectivity index (χ1n) is 7.70. The highest BCUT2D eigenvalue weighted by molar-refractivity contribution is 6.01. The van der Waals surface area contributed by atoms with Gasteiger partial charge in [0.2, 0.25) is 11.8 Å². The molecule has 0 atom stereocenters. The fraction of sp³-hybridized carbons (Fsp3) is 0.263. The molecular weight excluding hydrogens is 288 g/mol. The molecule has 0 fully saturated rings. The van der Waals surface area contributed by atoms with Gasteiger partial charge in [0.25, 0.3) is 0 Å². The largest absolute Gasteiger partial charge is 0.325 e. The molecule has 0 heterocycles. The Balaban J connectivity index is 2.09. The zero-order valence-electron chi connectivity index (χ0n) is 13.7. The minimum absolute atomic E-state index is 0.00868. The fourth-order valence-electron chi connectivity index (χ4n) is 2.29. The third kappa shape index (κ3) is 4.68. The van der Waals surface area contributed by atoms with Crippen LogP contribution in [0.1, 0.15) is 32.3 Å². The number of carbonyl (C=O) groups excluding carboxylic acids is 2. The monoisotopic (exact) mass is 310 g/mol. The second-order valence-electron chi connectivity index (χ2n) is 5.77. The summed E-state index contributed by atoms with van der Waals surface area (Å²) in [5.74, 6) is 0.0426. The molecule has 23 heavy (non-hydrogen) atoms. The first-order chi connectivity index (χ1) is 11.0. The van der Waals surface area contributed by atoms with E-state index >= 15 is 0 Å². The third-order valence-corrected chi connectivity index (χ3v) is 3.61.